The third kappa shape index (κ3) is 4.60. The van der Waals surface area contributed by atoms with Crippen LogP contribution in [0.15, 0.2) is 84.9 Å². The highest BCUT2D eigenvalue weighted by Crippen LogP contribution is 2.45. The van der Waals surface area contributed by atoms with Gasteiger partial charge in [0.2, 0.25) is 5.91 Å². The van der Waals surface area contributed by atoms with Crippen molar-refractivity contribution in [2.45, 2.75) is 50.0 Å². The van der Waals surface area contributed by atoms with Gasteiger partial charge in [-0.05, 0) is 43.7 Å². The molecule has 5 heteroatoms. The first-order valence-corrected chi connectivity index (χ1v) is 12.4. The number of rotatable bonds is 6. The number of unbranched alkanes of at least 4 members (excludes halogenated alkanes) is 1. The molecule has 4 nitrogen and oxygen atoms in total. The standard InChI is InChI=1S/C28H29BrN2O2/c1-3-4-19-25(32)31(22-15-9-6-10-16-22)27-23-17-11-12-18-24(23)30(20(2)26(27)29)28(33)21-13-7-5-8-14-21/h5-18,20,26-27H,3-4,19H2,1-2H3. The summed E-state index contributed by atoms with van der Waals surface area (Å²) in [5, 5.41) is 0. The molecule has 3 atom stereocenters. The van der Waals surface area contributed by atoms with Gasteiger partial charge in [0, 0.05) is 35.0 Å². The second-order valence-corrected chi connectivity index (χ2v) is 9.49. The van der Waals surface area contributed by atoms with Crippen molar-refractivity contribution >= 4 is 39.1 Å². The topological polar surface area (TPSA) is 40.6 Å². The Morgan fingerprint density at radius 2 is 1.52 bits per heavy atom. The van der Waals surface area contributed by atoms with Gasteiger partial charge >= 0.3 is 0 Å². The van der Waals surface area contributed by atoms with Crippen molar-refractivity contribution in [1.82, 2.24) is 0 Å². The molecule has 0 saturated carbocycles. The number of amides is 2. The number of nitrogens with zero attached hydrogens (tertiary/aromatic N) is 2. The average Bonchev–Trinajstić information content (AvgIpc) is 2.86. The molecule has 1 aliphatic rings. The number of halogens is 1. The maximum absolute atomic E-state index is 13.6. The second-order valence-electron chi connectivity index (χ2n) is 8.43. The summed E-state index contributed by atoms with van der Waals surface area (Å²) in [7, 11) is 0. The molecule has 3 aromatic rings. The highest BCUT2D eigenvalue weighted by molar-refractivity contribution is 9.09. The van der Waals surface area contributed by atoms with Crippen molar-refractivity contribution in [3.05, 3.63) is 96.1 Å². The lowest BCUT2D eigenvalue weighted by molar-refractivity contribution is -0.119. The molecule has 0 aromatic heterocycles. The molecule has 3 aromatic carbocycles. The van der Waals surface area contributed by atoms with Crippen LogP contribution in [0.25, 0.3) is 0 Å². The van der Waals surface area contributed by atoms with E-state index in [0.717, 1.165) is 29.8 Å². The van der Waals surface area contributed by atoms with Crippen LogP contribution in [0.4, 0.5) is 11.4 Å². The lowest BCUT2D eigenvalue weighted by Crippen LogP contribution is -2.54. The number of para-hydroxylation sites is 2. The van der Waals surface area contributed by atoms with Crippen molar-refractivity contribution in [1.29, 1.82) is 0 Å². The van der Waals surface area contributed by atoms with Crippen LogP contribution in [0.2, 0.25) is 0 Å². The summed E-state index contributed by atoms with van der Waals surface area (Å²) in [5.41, 5.74) is 3.34. The van der Waals surface area contributed by atoms with Gasteiger partial charge in [0.1, 0.15) is 0 Å². The summed E-state index contributed by atoms with van der Waals surface area (Å²) >= 11 is 3.92. The summed E-state index contributed by atoms with van der Waals surface area (Å²) < 4.78 is 0. The number of hydrogen-bond acceptors (Lipinski definition) is 2. The minimum atomic E-state index is -0.234. The quantitative estimate of drug-likeness (QED) is 0.347. The van der Waals surface area contributed by atoms with E-state index in [0.29, 0.717) is 12.0 Å². The lowest BCUT2D eigenvalue weighted by Gasteiger charge is -2.46. The van der Waals surface area contributed by atoms with Gasteiger partial charge < -0.3 is 9.80 Å². The van der Waals surface area contributed by atoms with Crippen LogP contribution in [0, 0.1) is 0 Å². The van der Waals surface area contributed by atoms with E-state index in [2.05, 4.69) is 22.9 Å². The number of fused-ring (bicyclic) bond motifs is 1. The van der Waals surface area contributed by atoms with E-state index in [4.69, 9.17) is 0 Å². The number of anilines is 2. The molecular formula is C28H29BrN2O2. The van der Waals surface area contributed by atoms with Gasteiger partial charge in [0.15, 0.2) is 0 Å². The Labute approximate surface area is 204 Å². The van der Waals surface area contributed by atoms with Crippen molar-refractivity contribution in [3.8, 4) is 0 Å². The van der Waals surface area contributed by atoms with Gasteiger partial charge in [-0.3, -0.25) is 9.59 Å². The zero-order valence-electron chi connectivity index (χ0n) is 19.0. The van der Waals surface area contributed by atoms with Crippen LogP contribution in [0.1, 0.15) is 55.1 Å². The maximum atomic E-state index is 13.6. The zero-order chi connectivity index (χ0) is 23.4. The molecule has 0 radical (unpaired) electrons. The first-order valence-electron chi connectivity index (χ1n) is 11.5. The molecule has 33 heavy (non-hydrogen) atoms. The van der Waals surface area contributed by atoms with Crippen LogP contribution in [-0.4, -0.2) is 22.7 Å². The van der Waals surface area contributed by atoms with Crippen molar-refractivity contribution in [2.24, 2.45) is 0 Å². The van der Waals surface area contributed by atoms with Gasteiger partial charge in [0.05, 0.1) is 10.9 Å². The third-order valence-corrected chi connectivity index (χ3v) is 7.52. The Morgan fingerprint density at radius 3 is 2.18 bits per heavy atom. The Balaban J connectivity index is 1.82. The normalized spacial score (nSPS) is 19.6. The third-order valence-electron chi connectivity index (χ3n) is 6.25. The largest absolute Gasteiger partial charge is 0.304 e. The molecule has 0 N–H and O–H groups in total. The molecule has 1 heterocycles. The lowest BCUT2D eigenvalue weighted by atomic mass is 9.89. The van der Waals surface area contributed by atoms with Crippen molar-refractivity contribution in [3.63, 3.8) is 0 Å². The fraction of sp³-hybridized carbons (Fsp3) is 0.286. The van der Waals surface area contributed by atoms with Gasteiger partial charge in [-0.15, -0.1) is 0 Å². The van der Waals surface area contributed by atoms with E-state index < -0.39 is 0 Å². The van der Waals surface area contributed by atoms with Gasteiger partial charge in [-0.25, -0.2) is 0 Å². The molecule has 0 saturated heterocycles. The highest BCUT2D eigenvalue weighted by atomic mass is 79.9. The van der Waals surface area contributed by atoms with Crippen molar-refractivity contribution in [2.75, 3.05) is 9.80 Å². The Morgan fingerprint density at radius 1 is 0.909 bits per heavy atom. The minimum absolute atomic E-state index is 0.0398. The molecule has 2 amide bonds. The van der Waals surface area contributed by atoms with Gasteiger partial charge in [0.25, 0.3) is 5.91 Å². The summed E-state index contributed by atoms with van der Waals surface area (Å²) in [6.07, 6.45) is 2.30. The number of alkyl halides is 1. The molecule has 0 aliphatic carbocycles. The fourth-order valence-corrected chi connectivity index (χ4v) is 5.30. The number of carbonyl (C=O) groups is 2. The summed E-state index contributed by atoms with van der Waals surface area (Å²) in [6.45, 7) is 4.14. The van der Waals surface area contributed by atoms with E-state index in [1.54, 1.807) is 0 Å². The van der Waals surface area contributed by atoms with E-state index in [1.165, 1.54) is 0 Å². The summed E-state index contributed by atoms with van der Waals surface area (Å²) in [4.78, 5) is 30.7. The van der Waals surface area contributed by atoms with E-state index in [1.807, 2.05) is 102 Å². The molecular weight excluding hydrogens is 476 g/mol. The van der Waals surface area contributed by atoms with Gasteiger partial charge in [-0.2, -0.15) is 0 Å². The van der Waals surface area contributed by atoms with Crippen LogP contribution in [0.5, 0.6) is 0 Å². The van der Waals surface area contributed by atoms with Crippen LogP contribution < -0.4 is 9.80 Å². The highest BCUT2D eigenvalue weighted by Gasteiger charge is 2.44. The van der Waals surface area contributed by atoms with E-state index in [-0.39, 0.29) is 28.7 Å². The zero-order valence-corrected chi connectivity index (χ0v) is 20.6. The Bertz CT molecular complexity index is 1100. The summed E-state index contributed by atoms with van der Waals surface area (Å²) in [5.74, 6) is 0.0596. The SMILES string of the molecule is CCCCC(=O)N(c1ccccc1)C1c2ccccc2N(C(=O)c2ccccc2)C(C)C1Br. The number of hydrogen-bond donors (Lipinski definition) is 0. The monoisotopic (exact) mass is 504 g/mol. The number of benzene rings is 3. The van der Waals surface area contributed by atoms with Crippen LogP contribution >= 0.6 is 15.9 Å². The van der Waals surface area contributed by atoms with E-state index in [9.17, 15) is 9.59 Å². The molecule has 1 aliphatic heterocycles. The molecule has 0 fully saturated rings. The fourth-order valence-electron chi connectivity index (χ4n) is 4.55. The molecule has 0 spiro atoms. The Kier molecular flexibility index (Phi) is 7.29. The smallest absolute Gasteiger partial charge is 0.258 e. The molecule has 4 rings (SSSR count). The van der Waals surface area contributed by atoms with Gasteiger partial charge in [-0.1, -0.05) is 83.9 Å². The van der Waals surface area contributed by atoms with Crippen molar-refractivity contribution < 1.29 is 9.59 Å². The minimum Gasteiger partial charge on any atom is -0.304 e. The predicted octanol–water partition coefficient (Wildman–Crippen LogP) is 6.76. The first kappa shape index (κ1) is 23.2. The van der Waals surface area contributed by atoms with E-state index >= 15 is 0 Å². The summed E-state index contributed by atoms with van der Waals surface area (Å²) in [6, 6.07) is 26.8. The second kappa shape index (κ2) is 10.3. The molecule has 170 valence electrons. The number of carbonyl (C=O) groups excluding carboxylic acids is 2. The Hall–Kier alpha value is -2.92. The molecule has 3 unspecified atom stereocenters. The average molecular weight is 505 g/mol. The van der Waals surface area contributed by atoms with Crippen LogP contribution in [-0.2, 0) is 4.79 Å². The predicted molar refractivity (Wildman–Crippen MR) is 138 cm³/mol. The first-order chi connectivity index (χ1) is 16.0. The molecule has 0 bridgehead atoms. The maximum Gasteiger partial charge on any atom is 0.258 e. The van der Waals surface area contributed by atoms with Crippen LogP contribution in [0.3, 0.4) is 0 Å².